The lowest BCUT2D eigenvalue weighted by Crippen LogP contribution is -2.60. The molecule has 1 amide bonds. The van der Waals surface area contributed by atoms with E-state index >= 15 is 0 Å². The smallest absolute Gasteiger partial charge is 0.410 e. The number of likely N-dealkylation sites (tertiary alicyclic amines) is 1. The van der Waals surface area contributed by atoms with Crippen LogP contribution < -0.4 is 0 Å². The molecule has 6 heteroatoms. The minimum Gasteiger partial charge on any atom is -0.444 e. The number of rotatable bonds is 1. The Morgan fingerprint density at radius 1 is 1.24 bits per heavy atom. The molecular formula is C23H29N3O3. The number of fused-ring (bicyclic) bond motifs is 3. The van der Waals surface area contributed by atoms with Crippen LogP contribution in [0.4, 0.5) is 4.79 Å². The summed E-state index contributed by atoms with van der Waals surface area (Å²) in [7, 11) is 0. The van der Waals surface area contributed by atoms with E-state index in [4.69, 9.17) is 4.74 Å². The van der Waals surface area contributed by atoms with Gasteiger partial charge in [-0.3, -0.25) is 0 Å². The van der Waals surface area contributed by atoms with Crippen LogP contribution in [0, 0.1) is 11.3 Å². The maximum absolute atomic E-state index is 12.4. The SMILES string of the molecule is CC(C)(C)OC(=O)N1CCC2(CC1)C[C@H]([C@@H]1c3ccccc3-c3cncn31)[C@@H]2O. The van der Waals surface area contributed by atoms with Crippen LogP contribution in [0.3, 0.4) is 0 Å². The van der Waals surface area contributed by atoms with Crippen LogP contribution in [0.2, 0.25) is 0 Å². The summed E-state index contributed by atoms with van der Waals surface area (Å²) >= 11 is 0. The molecule has 2 fully saturated rings. The fourth-order valence-electron chi connectivity index (χ4n) is 5.55. The topological polar surface area (TPSA) is 67.6 Å². The zero-order chi connectivity index (χ0) is 20.4. The third kappa shape index (κ3) is 2.88. The number of nitrogens with zero attached hydrogens (tertiary/aromatic N) is 3. The third-order valence-corrected chi connectivity index (χ3v) is 7.01. The van der Waals surface area contributed by atoms with Gasteiger partial charge in [-0.05, 0) is 45.6 Å². The molecule has 6 nitrogen and oxygen atoms in total. The first kappa shape index (κ1) is 18.7. The number of carbonyl (C=O) groups is 1. The molecule has 0 bridgehead atoms. The van der Waals surface area contributed by atoms with Gasteiger partial charge in [-0.2, -0.15) is 0 Å². The number of benzene rings is 1. The fourth-order valence-corrected chi connectivity index (χ4v) is 5.55. The largest absolute Gasteiger partial charge is 0.444 e. The monoisotopic (exact) mass is 395 g/mol. The number of ether oxygens (including phenoxy) is 1. The van der Waals surface area contributed by atoms with Crippen molar-refractivity contribution in [2.45, 2.75) is 57.8 Å². The highest BCUT2D eigenvalue weighted by Gasteiger charge is 2.58. The maximum Gasteiger partial charge on any atom is 0.410 e. The lowest BCUT2D eigenvalue weighted by molar-refractivity contribution is -0.156. The summed E-state index contributed by atoms with van der Waals surface area (Å²) in [4.78, 5) is 18.5. The van der Waals surface area contributed by atoms with Gasteiger partial charge in [-0.1, -0.05) is 24.3 Å². The van der Waals surface area contributed by atoms with Crippen molar-refractivity contribution in [3.63, 3.8) is 0 Å². The van der Waals surface area contributed by atoms with Gasteiger partial charge >= 0.3 is 6.09 Å². The first-order chi connectivity index (χ1) is 13.8. The summed E-state index contributed by atoms with van der Waals surface area (Å²) < 4.78 is 7.73. The van der Waals surface area contributed by atoms with Crippen LogP contribution in [0.5, 0.6) is 0 Å². The van der Waals surface area contributed by atoms with Gasteiger partial charge in [0.1, 0.15) is 5.60 Å². The molecule has 1 N–H and O–H groups in total. The Morgan fingerprint density at radius 3 is 2.66 bits per heavy atom. The number of piperidine rings is 1. The Balaban J connectivity index is 1.30. The van der Waals surface area contributed by atoms with Crippen molar-refractivity contribution < 1.29 is 14.6 Å². The number of imidazole rings is 1. The normalized spacial score (nSPS) is 27.3. The quantitative estimate of drug-likeness (QED) is 0.796. The molecule has 2 aliphatic heterocycles. The van der Waals surface area contributed by atoms with Crippen LogP contribution in [-0.2, 0) is 4.74 Å². The number of amides is 1. The molecule has 1 spiro atoms. The molecule has 154 valence electrons. The van der Waals surface area contributed by atoms with Crippen LogP contribution in [0.15, 0.2) is 36.8 Å². The van der Waals surface area contributed by atoms with E-state index in [1.165, 1.54) is 11.1 Å². The van der Waals surface area contributed by atoms with Gasteiger partial charge in [-0.15, -0.1) is 0 Å². The van der Waals surface area contributed by atoms with Gasteiger partial charge in [0.05, 0.1) is 30.4 Å². The van der Waals surface area contributed by atoms with Crippen molar-refractivity contribution in [1.29, 1.82) is 0 Å². The highest BCUT2D eigenvalue weighted by atomic mass is 16.6. The minimum absolute atomic E-state index is 0.0819. The van der Waals surface area contributed by atoms with Crippen molar-refractivity contribution in [2.75, 3.05) is 13.1 Å². The molecule has 2 aromatic rings. The number of hydrogen-bond acceptors (Lipinski definition) is 4. The predicted octanol–water partition coefficient (Wildman–Crippen LogP) is 3.85. The second-order valence-electron chi connectivity index (χ2n) is 9.86. The number of aliphatic hydroxyl groups excluding tert-OH is 1. The summed E-state index contributed by atoms with van der Waals surface area (Å²) in [6.45, 7) is 6.97. The van der Waals surface area contributed by atoms with Gasteiger partial charge in [0.15, 0.2) is 0 Å². The summed E-state index contributed by atoms with van der Waals surface area (Å²) in [5.74, 6) is 0.180. The Kier molecular flexibility index (Phi) is 4.07. The summed E-state index contributed by atoms with van der Waals surface area (Å²) in [6, 6.07) is 8.60. The van der Waals surface area contributed by atoms with E-state index in [0.29, 0.717) is 13.1 Å². The number of carbonyl (C=O) groups excluding carboxylic acids is 1. The van der Waals surface area contributed by atoms with E-state index in [0.717, 1.165) is 25.0 Å². The molecule has 5 rings (SSSR count). The second kappa shape index (κ2) is 6.33. The summed E-state index contributed by atoms with van der Waals surface area (Å²) in [5.41, 5.74) is 3.09. The average Bonchev–Trinajstić information content (AvgIpc) is 3.26. The molecular weight excluding hydrogens is 366 g/mol. The third-order valence-electron chi connectivity index (χ3n) is 7.01. The lowest BCUT2D eigenvalue weighted by atomic mass is 9.53. The molecule has 1 saturated heterocycles. The zero-order valence-electron chi connectivity index (χ0n) is 17.3. The molecule has 1 aliphatic carbocycles. The van der Waals surface area contributed by atoms with E-state index in [1.807, 2.05) is 33.3 Å². The molecule has 0 unspecified atom stereocenters. The highest BCUT2D eigenvalue weighted by Crippen LogP contribution is 2.59. The Hall–Kier alpha value is -2.34. The standard InChI is InChI=1S/C23H29N3O3/c1-22(2,3)29-21(28)25-10-8-23(9-11-25)12-17(20(23)27)19-16-7-5-4-6-15(16)18-13-24-14-26(18)19/h4-7,13-14,17,19-20,27H,8-12H2,1-3H3/t17-,19+,20+/m1/s1. The van der Waals surface area contributed by atoms with E-state index in [-0.39, 0.29) is 29.6 Å². The van der Waals surface area contributed by atoms with Crippen molar-refractivity contribution in [3.05, 3.63) is 42.4 Å². The molecule has 3 heterocycles. The van der Waals surface area contributed by atoms with E-state index < -0.39 is 5.60 Å². The molecule has 1 aromatic heterocycles. The fraction of sp³-hybridized carbons (Fsp3) is 0.565. The molecule has 1 saturated carbocycles. The summed E-state index contributed by atoms with van der Waals surface area (Å²) in [6.07, 6.45) is 5.83. The predicted molar refractivity (Wildman–Crippen MR) is 109 cm³/mol. The van der Waals surface area contributed by atoms with Gasteiger partial charge in [0, 0.05) is 30.0 Å². The van der Waals surface area contributed by atoms with Crippen molar-refractivity contribution >= 4 is 6.09 Å². The van der Waals surface area contributed by atoms with Gasteiger partial charge in [0.25, 0.3) is 0 Å². The molecule has 0 radical (unpaired) electrons. The zero-order valence-corrected chi connectivity index (χ0v) is 17.3. The van der Waals surface area contributed by atoms with Crippen molar-refractivity contribution in [3.8, 4) is 11.3 Å². The highest BCUT2D eigenvalue weighted by molar-refractivity contribution is 5.69. The number of aromatic nitrogens is 2. The minimum atomic E-state index is -0.480. The van der Waals surface area contributed by atoms with Crippen LogP contribution >= 0.6 is 0 Å². The van der Waals surface area contributed by atoms with Crippen LogP contribution in [0.1, 0.15) is 51.6 Å². The van der Waals surface area contributed by atoms with E-state index in [9.17, 15) is 9.90 Å². The van der Waals surface area contributed by atoms with Gasteiger partial charge in [-0.25, -0.2) is 9.78 Å². The molecule has 3 atom stereocenters. The van der Waals surface area contributed by atoms with Gasteiger partial charge < -0.3 is 19.3 Å². The first-order valence-electron chi connectivity index (χ1n) is 10.6. The Morgan fingerprint density at radius 2 is 1.97 bits per heavy atom. The number of aliphatic hydroxyl groups is 1. The average molecular weight is 396 g/mol. The second-order valence-corrected chi connectivity index (χ2v) is 9.86. The van der Waals surface area contributed by atoms with Crippen molar-refractivity contribution in [1.82, 2.24) is 14.5 Å². The van der Waals surface area contributed by atoms with E-state index in [2.05, 4.69) is 33.8 Å². The molecule has 1 aromatic carbocycles. The summed E-state index contributed by atoms with van der Waals surface area (Å²) in [5, 5.41) is 11.3. The van der Waals surface area contributed by atoms with Gasteiger partial charge in [0.2, 0.25) is 0 Å². The van der Waals surface area contributed by atoms with Crippen LogP contribution in [-0.4, -0.2) is 50.4 Å². The lowest BCUT2D eigenvalue weighted by Gasteiger charge is -2.57. The Labute approximate surface area is 171 Å². The maximum atomic E-state index is 12.4. The van der Waals surface area contributed by atoms with Crippen LogP contribution in [0.25, 0.3) is 11.3 Å². The Bertz CT molecular complexity index is 937. The number of hydrogen-bond donors (Lipinski definition) is 1. The van der Waals surface area contributed by atoms with Crippen molar-refractivity contribution in [2.24, 2.45) is 11.3 Å². The van der Waals surface area contributed by atoms with E-state index in [1.54, 1.807) is 4.90 Å². The molecule has 3 aliphatic rings. The molecule has 29 heavy (non-hydrogen) atoms. The first-order valence-corrected chi connectivity index (χ1v) is 10.6.